The molecule has 0 saturated heterocycles. The van der Waals surface area contributed by atoms with Gasteiger partial charge in [0.25, 0.3) is 0 Å². The van der Waals surface area contributed by atoms with Crippen molar-refractivity contribution < 1.29 is 19.1 Å². The molecular formula is C18H12Cl2N4O4. The molecule has 0 fully saturated rings. The second-order valence-electron chi connectivity index (χ2n) is 5.80. The van der Waals surface area contributed by atoms with Crippen molar-refractivity contribution in [2.75, 3.05) is 6.54 Å². The molecule has 142 valence electrons. The molecule has 0 spiro atoms. The number of fused-ring (bicyclic) bond motifs is 4. The third-order valence-electron chi connectivity index (χ3n) is 3.98. The fourth-order valence-electron chi connectivity index (χ4n) is 2.83. The maximum Gasteiger partial charge on any atom is 0.337 e. The van der Waals surface area contributed by atoms with Crippen molar-refractivity contribution in [3.8, 4) is 23.0 Å². The molecule has 4 rings (SSSR count). The SMILES string of the molecule is NCCn1nc(-c2cccc(Cl)c2Cl)c2c3nc(cc21)OC(=O)/C=C/C(=O)O3. The number of carbonyl (C=O) groups is 2. The zero-order valence-electron chi connectivity index (χ0n) is 14.2. The Kier molecular flexibility index (Phi) is 4.76. The summed E-state index contributed by atoms with van der Waals surface area (Å²) in [5.74, 6) is -1.63. The second kappa shape index (κ2) is 7.23. The highest BCUT2D eigenvalue weighted by Gasteiger charge is 2.24. The van der Waals surface area contributed by atoms with Gasteiger partial charge in [0, 0.05) is 30.3 Å². The van der Waals surface area contributed by atoms with Gasteiger partial charge in [0.05, 0.1) is 27.5 Å². The number of nitrogens with zero attached hydrogens (tertiary/aromatic N) is 3. The van der Waals surface area contributed by atoms with Crippen LogP contribution >= 0.6 is 23.2 Å². The van der Waals surface area contributed by atoms with Crippen LogP contribution in [0.1, 0.15) is 0 Å². The van der Waals surface area contributed by atoms with E-state index >= 15 is 0 Å². The highest BCUT2D eigenvalue weighted by atomic mass is 35.5. The Morgan fingerprint density at radius 2 is 1.86 bits per heavy atom. The Labute approximate surface area is 168 Å². The van der Waals surface area contributed by atoms with E-state index in [4.69, 9.17) is 38.4 Å². The van der Waals surface area contributed by atoms with Gasteiger partial charge in [-0.15, -0.1) is 0 Å². The lowest BCUT2D eigenvalue weighted by atomic mass is 10.1. The van der Waals surface area contributed by atoms with Crippen LogP contribution in [0.25, 0.3) is 22.2 Å². The first-order valence-corrected chi connectivity index (χ1v) is 8.91. The lowest BCUT2D eigenvalue weighted by Gasteiger charge is -2.07. The molecule has 0 atom stereocenters. The number of esters is 2. The number of pyridine rings is 1. The minimum atomic E-state index is -0.778. The standard InChI is InChI=1S/C18H12Cl2N4O4/c19-10-3-1-2-9(16(10)20)17-15-11(24(23-17)7-6-21)8-12-22-18(15)28-14(26)5-4-13(25)27-12/h1-5,8H,6-7,21H2/b5-4+. The highest BCUT2D eigenvalue weighted by Crippen LogP contribution is 2.40. The van der Waals surface area contributed by atoms with Gasteiger partial charge in [-0.2, -0.15) is 10.1 Å². The molecule has 0 aliphatic carbocycles. The smallest absolute Gasteiger partial charge is 0.337 e. The third kappa shape index (κ3) is 3.22. The van der Waals surface area contributed by atoms with E-state index in [1.807, 2.05) is 0 Å². The lowest BCUT2D eigenvalue weighted by Crippen LogP contribution is -2.11. The maximum absolute atomic E-state index is 12.0. The van der Waals surface area contributed by atoms with Crippen LogP contribution < -0.4 is 15.2 Å². The first-order valence-electron chi connectivity index (χ1n) is 8.15. The van der Waals surface area contributed by atoms with Gasteiger partial charge < -0.3 is 15.2 Å². The second-order valence-corrected chi connectivity index (χ2v) is 6.58. The number of nitrogens with two attached hydrogens (primary N) is 1. The summed E-state index contributed by atoms with van der Waals surface area (Å²) >= 11 is 12.5. The number of benzene rings is 1. The lowest BCUT2D eigenvalue weighted by molar-refractivity contribution is -0.131. The molecule has 0 radical (unpaired) electrons. The van der Waals surface area contributed by atoms with Gasteiger partial charge in [-0.3, -0.25) is 4.68 Å². The van der Waals surface area contributed by atoms with E-state index in [1.54, 1.807) is 22.9 Å². The van der Waals surface area contributed by atoms with Crippen LogP contribution in [0.5, 0.6) is 11.8 Å². The molecule has 1 aliphatic rings. The molecule has 2 bridgehead atoms. The molecule has 0 unspecified atom stereocenters. The van der Waals surface area contributed by atoms with E-state index in [0.717, 1.165) is 12.2 Å². The molecule has 28 heavy (non-hydrogen) atoms. The molecule has 3 heterocycles. The van der Waals surface area contributed by atoms with Crippen molar-refractivity contribution in [3.63, 3.8) is 0 Å². The van der Waals surface area contributed by atoms with Gasteiger partial charge in [0.15, 0.2) is 0 Å². The molecule has 1 aromatic carbocycles. The predicted molar refractivity (Wildman–Crippen MR) is 102 cm³/mol. The monoisotopic (exact) mass is 418 g/mol. The van der Waals surface area contributed by atoms with Crippen molar-refractivity contribution >= 4 is 46.0 Å². The summed E-state index contributed by atoms with van der Waals surface area (Å²) in [4.78, 5) is 27.9. The molecule has 3 aromatic rings. The van der Waals surface area contributed by atoms with Gasteiger partial charge in [-0.1, -0.05) is 35.3 Å². The van der Waals surface area contributed by atoms with Crippen LogP contribution in [-0.4, -0.2) is 33.2 Å². The first-order chi connectivity index (χ1) is 13.5. The quantitative estimate of drug-likeness (QED) is 0.650. The average molecular weight is 419 g/mol. The van der Waals surface area contributed by atoms with Crippen LogP contribution in [0.3, 0.4) is 0 Å². The molecular weight excluding hydrogens is 407 g/mol. The van der Waals surface area contributed by atoms with Gasteiger partial charge in [-0.05, 0) is 6.07 Å². The van der Waals surface area contributed by atoms with Crippen molar-refractivity contribution in [2.24, 2.45) is 5.73 Å². The van der Waals surface area contributed by atoms with E-state index in [1.165, 1.54) is 6.07 Å². The number of halogens is 2. The predicted octanol–water partition coefficient (Wildman–Crippen LogP) is 2.74. The number of ether oxygens (including phenoxy) is 2. The van der Waals surface area contributed by atoms with Crippen LogP contribution in [0.2, 0.25) is 10.0 Å². The highest BCUT2D eigenvalue weighted by molar-refractivity contribution is 6.43. The Balaban J connectivity index is 2.05. The van der Waals surface area contributed by atoms with Crippen molar-refractivity contribution in [1.82, 2.24) is 14.8 Å². The number of rotatable bonds is 3. The first kappa shape index (κ1) is 18.4. The van der Waals surface area contributed by atoms with Gasteiger partial charge in [-0.25, -0.2) is 9.59 Å². The molecule has 2 N–H and O–H groups in total. The molecule has 1 aliphatic heterocycles. The van der Waals surface area contributed by atoms with E-state index < -0.39 is 11.9 Å². The minimum absolute atomic E-state index is 0.0336. The largest absolute Gasteiger partial charge is 0.404 e. The molecule has 0 amide bonds. The van der Waals surface area contributed by atoms with Gasteiger partial charge in [0.2, 0.25) is 11.8 Å². The van der Waals surface area contributed by atoms with Gasteiger partial charge >= 0.3 is 11.9 Å². The van der Waals surface area contributed by atoms with Crippen LogP contribution in [0.4, 0.5) is 0 Å². The Morgan fingerprint density at radius 3 is 2.61 bits per heavy atom. The summed E-state index contributed by atoms with van der Waals surface area (Å²) in [6.07, 6.45) is 1.92. The summed E-state index contributed by atoms with van der Waals surface area (Å²) in [5.41, 5.74) is 7.15. The van der Waals surface area contributed by atoms with Crippen LogP contribution in [0, 0.1) is 0 Å². The molecule has 8 nitrogen and oxygen atoms in total. The number of carbonyl (C=O) groups excluding carboxylic acids is 2. The van der Waals surface area contributed by atoms with E-state index in [0.29, 0.717) is 45.3 Å². The Morgan fingerprint density at radius 1 is 1.11 bits per heavy atom. The summed E-state index contributed by atoms with van der Waals surface area (Å²) in [6.45, 7) is 0.658. The maximum atomic E-state index is 12.0. The summed E-state index contributed by atoms with van der Waals surface area (Å²) < 4.78 is 12.1. The third-order valence-corrected chi connectivity index (χ3v) is 4.80. The average Bonchev–Trinajstić information content (AvgIpc) is 3.02. The fourth-order valence-corrected chi connectivity index (χ4v) is 3.22. The Bertz CT molecular complexity index is 1160. The molecule has 10 heteroatoms. The van der Waals surface area contributed by atoms with Gasteiger partial charge in [0.1, 0.15) is 5.69 Å². The van der Waals surface area contributed by atoms with E-state index in [2.05, 4.69) is 10.1 Å². The summed E-state index contributed by atoms with van der Waals surface area (Å²) in [5, 5.41) is 5.62. The van der Waals surface area contributed by atoms with Crippen molar-refractivity contribution in [3.05, 3.63) is 46.5 Å². The summed E-state index contributed by atoms with van der Waals surface area (Å²) in [6, 6.07) is 6.63. The summed E-state index contributed by atoms with van der Waals surface area (Å²) in [7, 11) is 0. The number of hydrogen-bond acceptors (Lipinski definition) is 7. The van der Waals surface area contributed by atoms with E-state index in [9.17, 15) is 9.59 Å². The molecule has 0 saturated carbocycles. The van der Waals surface area contributed by atoms with Crippen molar-refractivity contribution in [1.29, 1.82) is 0 Å². The minimum Gasteiger partial charge on any atom is -0.404 e. The van der Waals surface area contributed by atoms with E-state index in [-0.39, 0.29) is 11.8 Å². The fraction of sp³-hybridized carbons (Fsp3) is 0.111. The van der Waals surface area contributed by atoms with Crippen molar-refractivity contribution in [2.45, 2.75) is 6.54 Å². The normalized spacial score (nSPS) is 14.8. The Hall–Kier alpha value is -2.94. The van der Waals surface area contributed by atoms with Crippen LogP contribution in [-0.2, 0) is 16.1 Å². The number of hydrogen-bond donors (Lipinski definition) is 1. The molecule has 2 aromatic heterocycles. The zero-order valence-corrected chi connectivity index (χ0v) is 15.7. The van der Waals surface area contributed by atoms with Crippen LogP contribution in [0.15, 0.2) is 36.4 Å². The topological polar surface area (TPSA) is 109 Å². The number of aromatic nitrogens is 3. The zero-order chi connectivity index (χ0) is 19.8.